The zero-order valence-electron chi connectivity index (χ0n) is 9.24. The maximum Gasteiger partial charge on any atom is 0.136 e. The summed E-state index contributed by atoms with van der Waals surface area (Å²) in [5, 5.41) is 10.8. The lowest BCUT2D eigenvalue weighted by Gasteiger charge is -2.20. The van der Waals surface area contributed by atoms with Crippen molar-refractivity contribution in [2.45, 2.75) is 25.9 Å². The van der Waals surface area contributed by atoms with E-state index in [1.54, 1.807) is 6.07 Å². The molecule has 1 aliphatic rings. The lowest BCUT2D eigenvalue weighted by Crippen LogP contribution is -2.09. The number of aliphatic hydroxyl groups is 1. The van der Waals surface area contributed by atoms with Gasteiger partial charge in [0.05, 0.1) is 6.61 Å². The van der Waals surface area contributed by atoms with Gasteiger partial charge in [0, 0.05) is 5.02 Å². The summed E-state index contributed by atoms with van der Waals surface area (Å²) in [6.07, 6.45) is 3.28. The molecule has 1 heterocycles. The Labute approximate surface area is 101 Å². The van der Waals surface area contributed by atoms with Gasteiger partial charge in [-0.15, -0.1) is 0 Å². The van der Waals surface area contributed by atoms with Crippen molar-refractivity contribution in [1.29, 1.82) is 0 Å². The SMILES string of the molecule is Cc1cc(C(O)C2=CCCCO2)ccc1Cl. The normalized spacial score (nSPS) is 17.6. The molecular weight excluding hydrogens is 224 g/mol. The predicted molar refractivity (Wildman–Crippen MR) is 64.4 cm³/mol. The molecule has 0 amide bonds. The molecule has 1 N–H and O–H groups in total. The average molecular weight is 239 g/mol. The summed E-state index contributed by atoms with van der Waals surface area (Å²) >= 11 is 5.94. The minimum absolute atomic E-state index is 0.660. The molecule has 0 saturated carbocycles. The van der Waals surface area contributed by atoms with Crippen LogP contribution in [0.1, 0.15) is 30.1 Å². The molecule has 1 unspecified atom stereocenters. The molecule has 1 aliphatic heterocycles. The van der Waals surface area contributed by atoms with Crippen LogP contribution in [0.25, 0.3) is 0 Å². The van der Waals surface area contributed by atoms with E-state index >= 15 is 0 Å². The van der Waals surface area contributed by atoms with Gasteiger partial charge in [-0.2, -0.15) is 0 Å². The van der Waals surface area contributed by atoms with E-state index in [9.17, 15) is 5.11 Å². The molecule has 0 radical (unpaired) electrons. The number of aliphatic hydroxyl groups excluding tert-OH is 1. The van der Waals surface area contributed by atoms with Crippen LogP contribution in [0, 0.1) is 6.92 Å². The fourth-order valence-corrected chi connectivity index (χ4v) is 1.89. The first-order chi connectivity index (χ1) is 7.68. The quantitative estimate of drug-likeness (QED) is 0.856. The fraction of sp³-hybridized carbons (Fsp3) is 0.385. The maximum atomic E-state index is 10.1. The number of ether oxygens (including phenoxy) is 1. The number of hydrogen-bond acceptors (Lipinski definition) is 2. The van der Waals surface area contributed by atoms with Crippen molar-refractivity contribution >= 4 is 11.6 Å². The Bertz CT molecular complexity index is 412. The van der Waals surface area contributed by atoms with Crippen molar-refractivity contribution in [3.05, 3.63) is 46.2 Å². The number of benzene rings is 1. The first kappa shape index (κ1) is 11.5. The van der Waals surface area contributed by atoms with Crippen molar-refractivity contribution in [3.63, 3.8) is 0 Å². The number of rotatable bonds is 2. The van der Waals surface area contributed by atoms with Gasteiger partial charge in [0.1, 0.15) is 11.9 Å². The molecule has 0 fully saturated rings. The monoisotopic (exact) mass is 238 g/mol. The highest BCUT2D eigenvalue weighted by Crippen LogP contribution is 2.28. The second kappa shape index (κ2) is 4.89. The Balaban J connectivity index is 2.22. The summed E-state index contributed by atoms with van der Waals surface area (Å²) in [7, 11) is 0. The highest BCUT2D eigenvalue weighted by atomic mass is 35.5. The largest absolute Gasteiger partial charge is 0.495 e. The second-order valence-electron chi connectivity index (χ2n) is 4.01. The molecule has 2 rings (SSSR count). The van der Waals surface area contributed by atoms with Crippen molar-refractivity contribution < 1.29 is 9.84 Å². The summed E-state index contributed by atoms with van der Waals surface area (Å²) < 4.78 is 5.44. The van der Waals surface area contributed by atoms with E-state index in [2.05, 4.69) is 0 Å². The summed E-state index contributed by atoms with van der Waals surface area (Å²) in [6, 6.07) is 5.53. The van der Waals surface area contributed by atoms with E-state index in [4.69, 9.17) is 16.3 Å². The smallest absolute Gasteiger partial charge is 0.136 e. The molecule has 1 aromatic rings. The standard InChI is InChI=1S/C13H15ClO2/c1-9-8-10(5-6-11(9)14)13(15)12-4-2-3-7-16-12/h4-6,8,13,15H,2-3,7H2,1H3. The van der Waals surface area contributed by atoms with Crippen LogP contribution in [-0.2, 0) is 4.74 Å². The predicted octanol–water partition coefficient (Wildman–Crippen LogP) is 3.38. The van der Waals surface area contributed by atoms with Gasteiger partial charge in [-0.05, 0) is 43.0 Å². The Hall–Kier alpha value is -0.990. The van der Waals surface area contributed by atoms with E-state index < -0.39 is 6.10 Å². The van der Waals surface area contributed by atoms with Crippen LogP contribution in [0.2, 0.25) is 5.02 Å². The number of allylic oxidation sites excluding steroid dienone is 1. The third-order valence-electron chi connectivity index (χ3n) is 2.73. The van der Waals surface area contributed by atoms with E-state index in [1.807, 2.05) is 25.1 Å². The average Bonchev–Trinajstić information content (AvgIpc) is 2.33. The Kier molecular flexibility index (Phi) is 3.52. The molecule has 3 heteroatoms. The second-order valence-corrected chi connectivity index (χ2v) is 4.42. The molecule has 16 heavy (non-hydrogen) atoms. The molecule has 1 aromatic carbocycles. The van der Waals surface area contributed by atoms with Crippen LogP contribution in [0.15, 0.2) is 30.0 Å². The van der Waals surface area contributed by atoms with Crippen LogP contribution in [0.4, 0.5) is 0 Å². The molecule has 86 valence electrons. The maximum absolute atomic E-state index is 10.1. The summed E-state index contributed by atoms with van der Waals surface area (Å²) in [4.78, 5) is 0. The topological polar surface area (TPSA) is 29.5 Å². The minimum Gasteiger partial charge on any atom is -0.495 e. The third-order valence-corrected chi connectivity index (χ3v) is 3.15. The highest BCUT2D eigenvalue weighted by molar-refractivity contribution is 6.31. The Morgan fingerprint density at radius 3 is 2.88 bits per heavy atom. The fourth-order valence-electron chi connectivity index (χ4n) is 1.77. The van der Waals surface area contributed by atoms with Crippen LogP contribution in [0.3, 0.4) is 0 Å². The Morgan fingerprint density at radius 2 is 2.25 bits per heavy atom. The number of aryl methyl sites for hydroxylation is 1. The van der Waals surface area contributed by atoms with Crippen LogP contribution >= 0.6 is 11.6 Å². The summed E-state index contributed by atoms with van der Waals surface area (Å²) in [6.45, 7) is 2.62. The zero-order chi connectivity index (χ0) is 11.5. The molecule has 0 spiro atoms. The summed E-state index contributed by atoms with van der Waals surface area (Å²) in [5.41, 5.74) is 1.80. The van der Waals surface area contributed by atoms with Crippen molar-refractivity contribution in [3.8, 4) is 0 Å². The molecule has 2 nitrogen and oxygen atoms in total. The van der Waals surface area contributed by atoms with Gasteiger partial charge in [-0.3, -0.25) is 0 Å². The zero-order valence-corrected chi connectivity index (χ0v) is 10.00. The third kappa shape index (κ3) is 2.39. The molecule has 0 saturated heterocycles. The number of halogens is 1. The van der Waals surface area contributed by atoms with Crippen LogP contribution < -0.4 is 0 Å². The van der Waals surface area contributed by atoms with Gasteiger partial charge in [-0.1, -0.05) is 23.7 Å². The van der Waals surface area contributed by atoms with Crippen molar-refractivity contribution in [2.75, 3.05) is 6.61 Å². The van der Waals surface area contributed by atoms with E-state index in [-0.39, 0.29) is 0 Å². The molecule has 1 atom stereocenters. The van der Waals surface area contributed by atoms with E-state index in [1.165, 1.54) is 0 Å². The van der Waals surface area contributed by atoms with Gasteiger partial charge in [0.2, 0.25) is 0 Å². The van der Waals surface area contributed by atoms with Gasteiger partial charge < -0.3 is 9.84 Å². The highest BCUT2D eigenvalue weighted by Gasteiger charge is 2.17. The van der Waals surface area contributed by atoms with Crippen LogP contribution in [0.5, 0.6) is 0 Å². The Morgan fingerprint density at radius 1 is 1.44 bits per heavy atom. The minimum atomic E-state index is -0.670. The molecular formula is C13H15ClO2. The van der Waals surface area contributed by atoms with Gasteiger partial charge in [0.25, 0.3) is 0 Å². The van der Waals surface area contributed by atoms with Gasteiger partial charge >= 0.3 is 0 Å². The van der Waals surface area contributed by atoms with Gasteiger partial charge in [0.15, 0.2) is 0 Å². The lowest BCUT2D eigenvalue weighted by atomic mass is 10.0. The van der Waals surface area contributed by atoms with Crippen molar-refractivity contribution in [1.82, 2.24) is 0 Å². The number of hydrogen-bond donors (Lipinski definition) is 1. The van der Waals surface area contributed by atoms with Gasteiger partial charge in [-0.25, -0.2) is 0 Å². The van der Waals surface area contributed by atoms with E-state index in [0.717, 1.165) is 29.0 Å². The van der Waals surface area contributed by atoms with Crippen molar-refractivity contribution in [2.24, 2.45) is 0 Å². The molecule has 0 aromatic heterocycles. The molecule has 0 bridgehead atoms. The molecule has 0 aliphatic carbocycles. The summed E-state index contributed by atoms with van der Waals surface area (Å²) in [5.74, 6) is 0.660. The first-order valence-electron chi connectivity index (χ1n) is 5.45. The lowest BCUT2D eigenvalue weighted by molar-refractivity contribution is 0.0918. The van der Waals surface area contributed by atoms with Crippen LogP contribution in [-0.4, -0.2) is 11.7 Å². The first-order valence-corrected chi connectivity index (χ1v) is 5.83. The van der Waals surface area contributed by atoms with E-state index in [0.29, 0.717) is 12.4 Å².